The highest BCUT2D eigenvalue weighted by atomic mass is 16.2. The normalized spacial score (nSPS) is 13.5. The number of hydrogen-bond donors (Lipinski definition) is 3. The molecule has 1 fully saturated rings. The summed E-state index contributed by atoms with van der Waals surface area (Å²) < 4.78 is 0. The Kier molecular flexibility index (Phi) is 5.44. The second kappa shape index (κ2) is 8.92. The number of nitrogens with one attached hydrogen (secondary N) is 3. The Morgan fingerprint density at radius 2 is 1.86 bits per heavy atom. The summed E-state index contributed by atoms with van der Waals surface area (Å²) >= 11 is 0. The van der Waals surface area contributed by atoms with Crippen molar-refractivity contribution in [2.45, 2.75) is 26.2 Å². The van der Waals surface area contributed by atoms with Gasteiger partial charge in [0, 0.05) is 64.9 Å². The Morgan fingerprint density at radius 3 is 2.69 bits per heavy atom. The average Bonchev–Trinajstić information content (AvgIpc) is 3.67. The zero-order valence-electron chi connectivity index (χ0n) is 19.8. The largest absolute Gasteiger partial charge is 0.353 e. The van der Waals surface area contributed by atoms with Crippen molar-refractivity contribution in [3.63, 3.8) is 0 Å². The van der Waals surface area contributed by atoms with Crippen LogP contribution in [0.4, 0.5) is 5.69 Å². The van der Waals surface area contributed by atoms with Crippen LogP contribution in [0.3, 0.4) is 0 Å². The van der Waals surface area contributed by atoms with Crippen LogP contribution in [0.15, 0.2) is 55.0 Å². The third kappa shape index (κ3) is 3.88. The van der Waals surface area contributed by atoms with Crippen molar-refractivity contribution in [1.82, 2.24) is 30.0 Å². The monoisotopic (exact) mass is 479 g/mol. The van der Waals surface area contributed by atoms with Crippen LogP contribution in [-0.2, 0) is 4.79 Å². The van der Waals surface area contributed by atoms with Crippen LogP contribution in [0, 0.1) is 0 Å². The van der Waals surface area contributed by atoms with Gasteiger partial charge in [0.15, 0.2) is 5.65 Å². The summed E-state index contributed by atoms with van der Waals surface area (Å²) in [7, 11) is 0. The summed E-state index contributed by atoms with van der Waals surface area (Å²) in [5.41, 5.74) is 6.10. The van der Waals surface area contributed by atoms with Crippen molar-refractivity contribution in [2.24, 2.45) is 0 Å². The van der Waals surface area contributed by atoms with Gasteiger partial charge >= 0.3 is 0 Å². The molecule has 36 heavy (non-hydrogen) atoms. The number of carbonyl (C=O) groups is 2. The first-order chi connectivity index (χ1) is 17.6. The molecule has 1 aromatic carbocycles. The van der Waals surface area contributed by atoms with E-state index in [0.29, 0.717) is 23.3 Å². The molecule has 1 aliphatic heterocycles. The van der Waals surface area contributed by atoms with Crippen LogP contribution in [-0.4, -0.2) is 55.0 Å². The van der Waals surface area contributed by atoms with Crippen LogP contribution in [0.25, 0.3) is 44.5 Å². The standard InChI is InChI=1S/C27H25N7O2/c1-2-24(35)30-18-10-16(13-28-15-18)17-11-21-25(32-33-26(21)29-14-17)23-12-20-19(6-5-7-22(20)31-23)27(36)34-8-3-4-9-34/h5-7,10-15,31H,2-4,8-9H2,1H3,(H,30,35)(H,29,32,33). The predicted octanol–water partition coefficient (Wildman–Crippen LogP) is 4.75. The highest BCUT2D eigenvalue weighted by Gasteiger charge is 2.22. The number of pyridine rings is 2. The number of likely N-dealkylation sites (tertiary alicyclic amines) is 1. The summed E-state index contributed by atoms with van der Waals surface area (Å²) in [5.74, 6) is 0.00285. The van der Waals surface area contributed by atoms with Crippen LogP contribution < -0.4 is 5.32 Å². The third-order valence-electron chi connectivity index (χ3n) is 6.64. The maximum absolute atomic E-state index is 13.1. The molecule has 0 atom stereocenters. The molecule has 3 N–H and O–H groups in total. The third-order valence-corrected chi connectivity index (χ3v) is 6.64. The number of hydrogen-bond acceptors (Lipinski definition) is 5. The van der Waals surface area contributed by atoms with Crippen LogP contribution >= 0.6 is 0 Å². The fourth-order valence-corrected chi connectivity index (χ4v) is 4.74. The van der Waals surface area contributed by atoms with Gasteiger partial charge in [0.2, 0.25) is 5.91 Å². The number of aromatic nitrogens is 5. The Bertz CT molecular complexity index is 1610. The van der Waals surface area contributed by atoms with Crippen molar-refractivity contribution in [2.75, 3.05) is 18.4 Å². The van der Waals surface area contributed by atoms with E-state index in [0.717, 1.165) is 64.7 Å². The second-order valence-corrected chi connectivity index (χ2v) is 9.01. The molecule has 5 aromatic rings. The number of amides is 2. The van der Waals surface area contributed by atoms with Gasteiger partial charge in [-0.2, -0.15) is 5.10 Å². The second-order valence-electron chi connectivity index (χ2n) is 9.01. The number of benzene rings is 1. The van der Waals surface area contributed by atoms with Gasteiger partial charge in [0.25, 0.3) is 5.91 Å². The van der Waals surface area contributed by atoms with E-state index in [1.54, 1.807) is 25.5 Å². The van der Waals surface area contributed by atoms with Crippen molar-refractivity contribution >= 4 is 39.4 Å². The van der Waals surface area contributed by atoms with E-state index in [1.165, 1.54) is 0 Å². The molecule has 0 saturated carbocycles. The first kappa shape index (κ1) is 22.0. The van der Waals surface area contributed by atoms with Gasteiger partial charge in [-0.3, -0.25) is 19.7 Å². The molecule has 1 aliphatic rings. The van der Waals surface area contributed by atoms with Gasteiger partial charge in [0.1, 0.15) is 5.69 Å². The van der Waals surface area contributed by atoms with Crippen LogP contribution in [0.5, 0.6) is 0 Å². The maximum Gasteiger partial charge on any atom is 0.254 e. The predicted molar refractivity (Wildman–Crippen MR) is 138 cm³/mol. The van der Waals surface area contributed by atoms with Gasteiger partial charge in [-0.25, -0.2) is 4.98 Å². The number of carbonyl (C=O) groups excluding carboxylic acids is 2. The lowest BCUT2D eigenvalue weighted by Gasteiger charge is -2.15. The highest BCUT2D eigenvalue weighted by Crippen LogP contribution is 2.32. The Hall–Kier alpha value is -4.53. The van der Waals surface area contributed by atoms with Crippen molar-refractivity contribution in [1.29, 1.82) is 0 Å². The highest BCUT2D eigenvalue weighted by molar-refractivity contribution is 6.08. The fraction of sp³-hybridized carbons (Fsp3) is 0.222. The first-order valence-electron chi connectivity index (χ1n) is 12.1. The van der Waals surface area contributed by atoms with Gasteiger partial charge in [0.05, 0.1) is 17.6 Å². The lowest BCUT2D eigenvalue weighted by molar-refractivity contribution is -0.115. The fourth-order valence-electron chi connectivity index (χ4n) is 4.74. The van der Waals surface area contributed by atoms with Crippen molar-refractivity contribution in [3.8, 4) is 22.5 Å². The minimum absolute atomic E-state index is 0.0685. The molecule has 9 heteroatoms. The number of fused-ring (bicyclic) bond motifs is 2. The molecule has 0 radical (unpaired) electrons. The van der Waals surface area contributed by atoms with E-state index in [2.05, 4.69) is 30.5 Å². The van der Waals surface area contributed by atoms with Gasteiger partial charge in [-0.15, -0.1) is 0 Å². The number of aromatic amines is 2. The van der Waals surface area contributed by atoms with E-state index in [4.69, 9.17) is 0 Å². The molecular weight excluding hydrogens is 454 g/mol. The molecule has 180 valence electrons. The summed E-state index contributed by atoms with van der Waals surface area (Å²) in [5, 5.41) is 12.1. The maximum atomic E-state index is 13.1. The van der Waals surface area contributed by atoms with E-state index < -0.39 is 0 Å². The zero-order valence-corrected chi connectivity index (χ0v) is 19.8. The summed E-state index contributed by atoms with van der Waals surface area (Å²) in [4.78, 5) is 39.1. The molecular formula is C27H25N7O2. The first-order valence-corrected chi connectivity index (χ1v) is 12.1. The number of nitrogens with zero attached hydrogens (tertiary/aromatic N) is 4. The van der Waals surface area contributed by atoms with Gasteiger partial charge in [-0.1, -0.05) is 13.0 Å². The molecule has 5 heterocycles. The van der Waals surface area contributed by atoms with Crippen LogP contribution in [0.1, 0.15) is 36.5 Å². The smallest absolute Gasteiger partial charge is 0.254 e. The SMILES string of the molecule is CCC(=O)Nc1cncc(-c2cnc3[nH]nc(-c4cc5c(C(=O)N6CCCC6)cccc5[nH]4)c3c2)c1. The molecule has 0 spiro atoms. The van der Waals surface area contributed by atoms with Crippen molar-refractivity contribution < 1.29 is 9.59 Å². The molecule has 1 saturated heterocycles. The minimum atomic E-state index is -0.0685. The number of H-pyrrole nitrogens is 2. The van der Waals surface area contributed by atoms with Gasteiger partial charge < -0.3 is 15.2 Å². The Balaban J connectivity index is 1.39. The minimum Gasteiger partial charge on any atom is -0.353 e. The zero-order chi connectivity index (χ0) is 24.6. The Morgan fingerprint density at radius 1 is 1.03 bits per heavy atom. The lowest BCUT2D eigenvalue weighted by atomic mass is 10.1. The molecule has 0 aliphatic carbocycles. The number of anilines is 1. The molecule has 4 aromatic heterocycles. The lowest BCUT2D eigenvalue weighted by Crippen LogP contribution is -2.27. The average molecular weight is 480 g/mol. The summed E-state index contributed by atoms with van der Waals surface area (Å²) in [6.45, 7) is 3.42. The molecule has 9 nitrogen and oxygen atoms in total. The summed E-state index contributed by atoms with van der Waals surface area (Å²) in [6.07, 6.45) is 7.62. The van der Waals surface area contributed by atoms with E-state index in [-0.39, 0.29) is 11.8 Å². The molecule has 0 bridgehead atoms. The van der Waals surface area contributed by atoms with Crippen molar-refractivity contribution in [3.05, 3.63) is 60.6 Å². The van der Waals surface area contributed by atoms with E-state index in [9.17, 15) is 9.59 Å². The quantitative estimate of drug-likeness (QED) is 0.336. The van der Waals surface area contributed by atoms with Gasteiger partial charge in [-0.05, 0) is 43.2 Å². The van der Waals surface area contributed by atoms with Crippen LogP contribution in [0.2, 0.25) is 0 Å². The van der Waals surface area contributed by atoms with E-state index >= 15 is 0 Å². The van der Waals surface area contributed by atoms with E-state index in [1.807, 2.05) is 41.3 Å². The summed E-state index contributed by atoms with van der Waals surface area (Å²) in [6, 6.07) is 11.6. The topological polar surface area (TPSA) is 120 Å². The number of rotatable bonds is 5. The molecule has 6 rings (SSSR count). The molecule has 0 unspecified atom stereocenters. The Labute approximate surface area is 207 Å². The molecule has 2 amide bonds.